The van der Waals surface area contributed by atoms with E-state index in [0.29, 0.717) is 33.6 Å². The van der Waals surface area contributed by atoms with Crippen molar-refractivity contribution in [3.63, 3.8) is 0 Å². The SMILES string of the molecule is Cc1nn2ccc(OCCN3CCOCC3)cc2c1-c1nc(-c2c(F)cccc2CO)c(-c2ncn[nH]2)s1. The topological polar surface area (TPSA) is 114 Å². The number of aliphatic hydroxyl groups is 1. The van der Waals surface area contributed by atoms with Crippen LogP contribution in [0.5, 0.6) is 5.75 Å². The summed E-state index contributed by atoms with van der Waals surface area (Å²) in [6.07, 6.45) is 3.26. The monoisotopic (exact) mass is 535 g/mol. The summed E-state index contributed by atoms with van der Waals surface area (Å²) in [5.41, 5.74) is 3.49. The number of thiazole rings is 1. The van der Waals surface area contributed by atoms with E-state index in [2.05, 4.69) is 25.2 Å². The number of benzene rings is 1. The molecule has 4 aromatic heterocycles. The number of halogens is 1. The maximum absolute atomic E-state index is 15.1. The summed E-state index contributed by atoms with van der Waals surface area (Å²) in [4.78, 5) is 12.1. The Bertz CT molecular complexity index is 1560. The Morgan fingerprint density at radius 1 is 1.21 bits per heavy atom. The number of morpholine rings is 1. The van der Waals surface area contributed by atoms with Crippen LogP contribution in [0.1, 0.15) is 11.3 Å². The molecule has 0 radical (unpaired) electrons. The van der Waals surface area contributed by atoms with E-state index in [9.17, 15) is 5.11 Å². The summed E-state index contributed by atoms with van der Waals surface area (Å²) < 4.78 is 28.4. The second kappa shape index (κ2) is 10.6. The van der Waals surface area contributed by atoms with Crippen LogP contribution >= 0.6 is 11.3 Å². The summed E-state index contributed by atoms with van der Waals surface area (Å²) in [5.74, 6) is 0.731. The third-order valence-electron chi connectivity index (χ3n) is 6.54. The molecule has 1 fully saturated rings. The van der Waals surface area contributed by atoms with Crippen LogP contribution in [0.4, 0.5) is 4.39 Å². The molecule has 0 bridgehead atoms. The molecule has 2 N–H and O–H groups in total. The lowest BCUT2D eigenvalue weighted by molar-refractivity contribution is 0.0322. The number of nitrogens with one attached hydrogen (secondary N) is 1. The van der Waals surface area contributed by atoms with E-state index in [4.69, 9.17) is 14.5 Å². The molecule has 0 aliphatic carbocycles. The molecule has 1 aromatic carbocycles. The molecule has 196 valence electrons. The van der Waals surface area contributed by atoms with Gasteiger partial charge in [0, 0.05) is 37.5 Å². The van der Waals surface area contributed by atoms with Gasteiger partial charge in [0.2, 0.25) is 0 Å². The molecule has 5 heterocycles. The van der Waals surface area contributed by atoms with E-state index in [0.717, 1.165) is 55.4 Å². The van der Waals surface area contributed by atoms with Crippen LogP contribution in [0.3, 0.4) is 0 Å². The van der Waals surface area contributed by atoms with Gasteiger partial charge in [-0.25, -0.2) is 18.9 Å². The number of aromatic amines is 1. The Hall–Kier alpha value is -3.71. The lowest BCUT2D eigenvalue weighted by Gasteiger charge is -2.26. The summed E-state index contributed by atoms with van der Waals surface area (Å²) in [6, 6.07) is 8.46. The van der Waals surface area contributed by atoms with E-state index in [1.807, 2.05) is 25.3 Å². The quantitative estimate of drug-likeness (QED) is 0.310. The average molecular weight is 536 g/mol. The Labute approximate surface area is 221 Å². The number of aliphatic hydroxyl groups excluding tert-OH is 1. The van der Waals surface area contributed by atoms with Gasteiger partial charge in [0.25, 0.3) is 0 Å². The molecule has 6 rings (SSSR count). The van der Waals surface area contributed by atoms with Crippen molar-refractivity contribution in [3.05, 3.63) is 59.9 Å². The van der Waals surface area contributed by atoms with Crippen molar-refractivity contribution in [2.45, 2.75) is 13.5 Å². The highest BCUT2D eigenvalue weighted by atomic mass is 32.1. The Morgan fingerprint density at radius 2 is 2.08 bits per heavy atom. The van der Waals surface area contributed by atoms with Gasteiger partial charge >= 0.3 is 0 Å². The molecule has 0 saturated carbocycles. The van der Waals surface area contributed by atoms with Crippen molar-refractivity contribution in [2.24, 2.45) is 0 Å². The Morgan fingerprint density at radius 3 is 2.87 bits per heavy atom. The maximum Gasteiger partial charge on any atom is 0.167 e. The van der Waals surface area contributed by atoms with Gasteiger partial charge < -0.3 is 14.6 Å². The molecule has 10 nitrogen and oxygen atoms in total. The van der Waals surface area contributed by atoms with Crippen molar-refractivity contribution in [2.75, 3.05) is 39.5 Å². The third kappa shape index (κ3) is 4.67. The van der Waals surface area contributed by atoms with Gasteiger partial charge in [-0.05, 0) is 24.6 Å². The smallest absolute Gasteiger partial charge is 0.167 e. The minimum atomic E-state index is -0.471. The number of nitrogens with zero attached hydrogens (tertiary/aromatic N) is 6. The minimum absolute atomic E-state index is 0.241. The van der Waals surface area contributed by atoms with Gasteiger partial charge in [-0.2, -0.15) is 10.2 Å². The molecule has 1 saturated heterocycles. The highest BCUT2D eigenvalue weighted by Gasteiger charge is 2.25. The second-order valence-electron chi connectivity index (χ2n) is 8.92. The normalized spacial score (nSPS) is 14.4. The van der Waals surface area contributed by atoms with Crippen LogP contribution in [0.2, 0.25) is 0 Å². The van der Waals surface area contributed by atoms with Gasteiger partial charge in [0.15, 0.2) is 5.82 Å². The first-order valence-corrected chi connectivity index (χ1v) is 13.1. The average Bonchev–Trinajstić information content (AvgIpc) is 3.67. The molecular formula is C26H26FN7O3S. The first kappa shape index (κ1) is 24.6. The zero-order chi connectivity index (χ0) is 26.1. The fourth-order valence-electron chi connectivity index (χ4n) is 4.65. The number of pyridine rings is 1. The largest absolute Gasteiger partial charge is 0.492 e. The number of fused-ring (bicyclic) bond motifs is 1. The number of hydrogen-bond donors (Lipinski definition) is 2. The van der Waals surface area contributed by atoms with E-state index in [-0.39, 0.29) is 12.2 Å². The van der Waals surface area contributed by atoms with E-state index < -0.39 is 5.82 Å². The number of aryl methyl sites for hydroxylation is 1. The van der Waals surface area contributed by atoms with E-state index in [1.54, 1.807) is 16.6 Å². The van der Waals surface area contributed by atoms with Gasteiger partial charge in [-0.3, -0.25) is 10.00 Å². The van der Waals surface area contributed by atoms with Crippen molar-refractivity contribution < 1.29 is 19.0 Å². The lowest BCUT2D eigenvalue weighted by atomic mass is 10.0. The molecular weight excluding hydrogens is 509 g/mol. The van der Waals surface area contributed by atoms with Crippen molar-refractivity contribution in [3.8, 4) is 38.3 Å². The molecule has 1 aliphatic heterocycles. The molecule has 5 aromatic rings. The van der Waals surface area contributed by atoms with Crippen LogP contribution in [0, 0.1) is 12.7 Å². The summed E-state index contributed by atoms with van der Waals surface area (Å²) >= 11 is 1.36. The summed E-state index contributed by atoms with van der Waals surface area (Å²) in [5, 5.41) is 22.1. The number of H-pyrrole nitrogens is 1. The minimum Gasteiger partial charge on any atom is -0.492 e. The van der Waals surface area contributed by atoms with Crippen LogP contribution in [-0.2, 0) is 11.3 Å². The highest BCUT2D eigenvalue weighted by Crippen LogP contribution is 2.43. The van der Waals surface area contributed by atoms with Crippen LogP contribution in [0.15, 0.2) is 42.9 Å². The summed E-state index contributed by atoms with van der Waals surface area (Å²) in [6.45, 7) is 6.31. The number of aromatic nitrogens is 6. The summed E-state index contributed by atoms with van der Waals surface area (Å²) in [7, 11) is 0. The Balaban J connectivity index is 1.39. The first-order chi connectivity index (χ1) is 18.6. The standard InChI is InChI=1S/C26H26FN7O3S/c1-16-21(20-13-18(5-6-34(20)32-16)37-12-9-33-7-10-36-11-8-33)26-30-23(24(38-26)25-28-15-29-31-25)22-17(14-35)3-2-4-19(22)27/h2-6,13,15,35H,7-12,14H2,1H3,(H,28,29,31). The van der Waals surface area contributed by atoms with Crippen molar-refractivity contribution >= 4 is 16.9 Å². The zero-order valence-electron chi connectivity index (χ0n) is 20.7. The van der Waals surface area contributed by atoms with Gasteiger partial charge in [0.1, 0.15) is 29.5 Å². The maximum atomic E-state index is 15.1. The second-order valence-corrected chi connectivity index (χ2v) is 9.92. The molecule has 0 amide bonds. The third-order valence-corrected chi connectivity index (χ3v) is 7.62. The first-order valence-electron chi connectivity index (χ1n) is 12.3. The zero-order valence-corrected chi connectivity index (χ0v) is 21.5. The lowest BCUT2D eigenvalue weighted by Crippen LogP contribution is -2.38. The van der Waals surface area contributed by atoms with Crippen molar-refractivity contribution in [1.82, 2.24) is 34.7 Å². The van der Waals surface area contributed by atoms with E-state index in [1.165, 1.54) is 23.7 Å². The van der Waals surface area contributed by atoms with E-state index >= 15 is 4.39 Å². The predicted molar refractivity (Wildman–Crippen MR) is 140 cm³/mol. The van der Waals surface area contributed by atoms with Crippen LogP contribution < -0.4 is 4.74 Å². The molecule has 38 heavy (non-hydrogen) atoms. The molecule has 1 aliphatic rings. The predicted octanol–water partition coefficient (Wildman–Crippen LogP) is 3.56. The fourth-order valence-corrected chi connectivity index (χ4v) is 5.78. The van der Waals surface area contributed by atoms with Crippen LogP contribution in [-0.4, -0.2) is 79.2 Å². The number of ether oxygens (including phenoxy) is 2. The number of rotatable bonds is 8. The fraction of sp³-hybridized carbons (Fsp3) is 0.308. The Kier molecular flexibility index (Phi) is 6.85. The molecule has 12 heteroatoms. The van der Waals surface area contributed by atoms with Gasteiger partial charge in [0.05, 0.1) is 47.2 Å². The van der Waals surface area contributed by atoms with Gasteiger partial charge in [-0.15, -0.1) is 11.3 Å². The molecule has 0 unspecified atom stereocenters. The number of hydrogen-bond acceptors (Lipinski definition) is 9. The highest BCUT2D eigenvalue weighted by molar-refractivity contribution is 7.19. The van der Waals surface area contributed by atoms with Crippen LogP contribution in [0.25, 0.3) is 38.0 Å². The van der Waals surface area contributed by atoms with Crippen molar-refractivity contribution in [1.29, 1.82) is 0 Å². The molecule has 0 atom stereocenters. The molecule has 0 spiro atoms. The van der Waals surface area contributed by atoms with Gasteiger partial charge in [-0.1, -0.05) is 12.1 Å².